The van der Waals surface area contributed by atoms with E-state index in [9.17, 15) is 4.39 Å². The molecule has 1 nitrogen and oxygen atoms in total. The number of benzene rings is 2. The standard InChI is InChI=1S/C15H13Cl3FN/c1-2-20-15(9-3-6-14(19)13(18)7-9)11-5-4-10(16)8-12(11)17/h3-8,15,20H,2H2,1H3. The minimum Gasteiger partial charge on any atom is -0.306 e. The molecule has 2 rings (SSSR count). The first kappa shape index (κ1) is 15.6. The Labute approximate surface area is 132 Å². The van der Waals surface area contributed by atoms with Crippen molar-refractivity contribution in [1.29, 1.82) is 0 Å². The normalized spacial score (nSPS) is 12.4. The van der Waals surface area contributed by atoms with Crippen molar-refractivity contribution in [2.24, 2.45) is 0 Å². The molecule has 0 aromatic heterocycles. The number of halogens is 4. The predicted octanol–water partition coefficient (Wildman–Crippen LogP) is 5.48. The van der Waals surface area contributed by atoms with Crippen LogP contribution in [0.1, 0.15) is 24.1 Å². The lowest BCUT2D eigenvalue weighted by Crippen LogP contribution is -2.22. The molecule has 2 aromatic rings. The van der Waals surface area contributed by atoms with E-state index in [-0.39, 0.29) is 11.1 Å². The molecular weight excluding hydrogens is 320 g/mol. The molecule has 1 unspecified atom stereocenters. The van der Waals surface area contributed by atoms with Crippen LogP contribution in [0, 0.1) is 5.82 Å². The molecule has 0 amide bonds. The highest BCUT2D eigenvalue weighted by Gasteiger charge is 2.17. The third kappa shape index (κ3) is 3.44. The van der Waals surface area contributed by atoms with Crippen LogP contribution in [0.2, 0.25) is 15.1 Å². The second-order valence-electron chi connectivity index (χ2n) is 4.33. The van der Waals surface area contributed by atoms with Gasteiger partial charge >= 0.3 is 0 Å². The second-order valence-corrected chi connectivity index (χ2v) is 5.58. The molecule has 1 atom stereocenters. The maximum absolute atomic E-state index is 13.3. The van der Waals surface area contributed by atoms with Gasteiger partial charge in [0.05, 0.1) is 11.1 Å². The smallest absolute Gasteiger partial charge is 0.141 e. The zero-order valence-corrected chi connectivity index (χ0v) is 13.0. The van der Waals surface area contributed by atoms with Gasteiger partial charge in [0.1, 0.15) is 5.82 Å². The minimum atomic E-state index is -0.437. The van der Waals surface area contributed by atoms with Gasteiger partial charge < -0.3 is 5.32 Å². The van der Waals surface area contributed by atoms with Crippen LogP contribution in [-0.4, -0.2) is 6.54 Å². The first-order valence-electron chi connectivity index (χ1n) is 6.16. The maximum Gasteiger partial charge on any atom is 0.141 e. The quantitative estimate of drug-likeness (QED) is 0.781. The molecule has 0 spiro atoms. The Morgan fingerprint density at radius 2 is 1.80 bits per heavy atom. The predicted molar refractivity (Wildman–Crippen MR) is 83.4 cm³/mol. The maximum atomic E-state index is 13.3. The minimum absolute atomic E-state index is 0.0930. The second kappa shape index (κ2) is 6.77. The molecule has 106 valence electrons. The zero-order chi connectivity index (χ0) is 14.7. The summed E-state index contributed by atoms with van der Waals surface area (Å²) in [5, 5.41) is 4.54. The van der Waals surface area contributed by atoms with Crippen LogP contribution < -0.4 is 5.32 Å². The van der Waals surface area contributed by atoms with Gasteiger partial charge in [0, 0.05) is 10.0 Å². The van der Waals surface area contributed by atoms with E-state index in [4.69, 9.17) is 34.8 Å². The van der Waals surface area contributed by atoms with Crippen molar-refractivity contribution in [2.75, 3.05) is 6.54 Å². The molecule has 2 aromatic carbocycles. The Morgan fingerprint density at radius 1 is 1.05 bits per heavy atom. The zero-order valence-electron chi connectivity index (χ0n) is 10.8. The fourth-order valence-corrected chi connectivity index (χ4v) is 2.75. The summed E-state index contributed by atoms with van der Waals surface area (Å²) < 4.78 is 13.3. The van der Waals surface area contributed by atoms with E-state index in [1.807, 2.05) is 13.0 Å². The van der Waals surface area contributed by atoms with Gasteiger partial charge in [-0.3, -0.25) is 0 Å². The van der Waals surface area contributed by atoms with Gasteiger partial charge in [-0.2, -0.15) is 0 Å². The van der Waals surface area contributed by atoms with E-state index in [0.29, 0.717) is 10.0 Å². The van der Waals surface area contributed by atoms with Crippen molar-refractivity contribution in [1.82, 2.24) is 5.32 Å². The van der Waals surface area contributed by atoms with Crippen LogP contribution in [0.25, 0.3) is 0 Å². The molecule has 0 fully saturated rings. The Balaban J connectivity index is 2.47. The lowest BCUT2D eigenvalue weighted by Gasteiger charge is -2.20. The molecule has 5 heteroatoms. The van der Waals surface area contributed by atoms with Crippen LogP contribution in [0.3, 0.4) is 0 Å². The van der Waals surface area contributed by atoms with Crippen molar-refractivity contribution < 1.29 is 4.39 Å². The van der Waals surface area contributed by atoms with Gasteiger partial charge in [0.25, 0.3) is 0 Å². The van der Waals surface area contributed by atoms with Gasteiger partial charge in [-0.1, -0.05) is 53.9 Å². The highest BCUT2D eigenvalue weighted by atomic mass is 35.5. The molecule has 1 N–H and O–H groups in total. The Kier molecular flexibility index (Phi) is 5.28. The summed E-state index contributed by atoms with van der Waals surface area (Å²) in [6.07, 6.45) is 0. The van der Waals surface area contributed by atoms with Crippen LogP contribution in [0.15, 0.2) is 36.4 Å². The summed E-state index contributed by atoms with van der Waals surface area (Å²) >= 11 is 18.0. The average Bonchev–Trinajstić information content (AvgIpc) is 2.40. The van der Waals surface area contributed by atoms with Gasteiger partial charge in [0.2, 0.25) is 0 Å². The fourth-order valence-electron chi connectivity index (χ4n) is 2.04. The fraction of sp³-hybridized carbons (Fsp3) is 0.200. The average molecular weight is 333 g/mol. The van der Waals surface area contributed by atoms with Crippen molar-refractivity contribution in [3.8, 4) is 0 Å². The number of rotatable bonds is 4. The highest BCUT2D eigenvalue weighted by Crippen LogP contribution is 2.32. The van der Waals surface area contributed by atoms with Gasteiger partial charge in [-0.05, 0) is 41.9 Å². The summed E-state index contributed by atoms with van der Waals surface area (Å²) in [4.78, 5) is 0. The summed E-state index contributed by atoms with van der Waals surface area (Å²) in [7, 11) is 0. The van der Waals surface area contributed by atoms with Gasteiger partial charge in [0.15, 0.2) is 0 Å². The lowest BCUT2D eigenvalue weighted by molar-refractivity contribution is 0.614. The van der Waals surface area contributed by atoms with Gasteiger partial charge in [-0.25, -0.2) is 4.39 Å². The molecule has 0 aliphatic heterocycles. The molecule has 0 aliphatic rings. The molecule has 0 radical (unpaired) electrons. The molecular formula is C15H13Cl3FN. The van der Waals surface area contributed by atoms with Crippen LogP contribution >= 0.6 is 34.8 Å². The van der Waals surface area contributed by atoms with E-state index in [1.54, 1.807) is 24.3 Å². The van der Waals surface area contributed by atoms with E-state index >= 15 is 0 Å². The number of hydrogen-bond donors (Lipinski definition) is 1. The molecule has 0 aliphatic carbocycles. The third-order valence-corrected chi connectivity index (χ3v) is 3.81. The number of hydrogen-bond acceptors (Lipinski definition) is 1. The molecule has 20 heavy (non-hydrogen) atoms. The monoisotopic (exact) mass is 331 g/mol. The van der Waals surface area contributed by atoms with Crippen LogP contribution in [0.4, 0.5) is 4.39 Å². The Morgan fingerprint density at radius 3 is 2.40 bits per heavy atom. The van der Waals surface area contributed by atoms with Crippen molar-refractivity contribution in [2.45, 2.75) is 13.0 Å². The van der Waals surface area contributed by atoms with Crippen molar-refractivity contribution in [3.63, 3.8) is 0 Å². The topological polar surface area (TPSA) is 12.0 Å². The Hall–Kier alpha value is -0.800. The van der Waals surface area contributed by atoms with Crippen LogP contribution in [-0.2, 0) is 0 Å². The Bertz CT molecular complexity index is 616. The number of nitrogens with one attached hydrogen (secondary N) is 1. The lowest BCUT2D eigenvalue weighted by atomic mass is 9.98. The van der Waals surface area contributed by atoms with Crippen LogP contribution in [0.5, 0.6) is 0 Å². The molecule has 0 heterocycles. The van der Waals surface area contributed by atoms with Crippen molar-refractivity contribution >= 4 is 34.8 Å². The molecule has 0 saturated carbocycles. The summed E-state index contributed by atoms with van der Waals surface area (Å²) in [5.74, 6) is -0.437. The first-order chi connectivity index (χ1) is 9.52. The van der Waals surface area contributed by atoms with E-state index < -0.39 is 5.82 Å². The van der Waals surface area contributed by atoms with Crippen molar-refractivity contribution in [3.05, 3.63) is 68.4 Å². The highest BCUT2D eigenvalue weighted by molar-refractivity contribution is 6.35. The largest absolute Gasteiger partial charge is 0.306 e. The summed E-state index contributed by atoms with van der Waals surface area (Å²) in [5.41, 5.74) is 1.73. The third-order valence-electron chi connectivity index (χ3n) is 2.96. The van der Waals surface area contributed by atoms with E-state index in [1.165, 1.54) is 6.07 Å². The molecule has 0 saturated heterocycles. The molecule has 0 bridgehead atoms. The van der Waals surface area contributed by atoms with E-state index in [0.717, 1.165) is 17.7 Å². The summed E-state index contributed by atoms with van der Waals surface area (Å²) in [6, 6.07) is 9.81. The van der Waals surface area contributed by atoms with E-state index in [2.05, 4.69) is 5.32 Å². The van der Waals surface area contributed by atoms with Gasteiger partial charge in [-0.15, -0.1) is 0 Å². The first-order valence-corrected chi connectivity index (χ1v) is 7.29. The SMILES string of the molecule is CCNC(c1ccc(F)c(Cl)c1)c1ccc(Cl)cc1Cl. The summed E-state index contributed by atoms with van der Waals surface area (Å²) in [6.45, 7) is 2.72.